The van der Waals surface area contributed by atoms with Gasteiger partial charge in [-0.1, -0.05) is 32.9 Å². The number of benzene rings is 1. The molecule has 2 rings (SSSR count). The van der Waals surface area contributed by atoms with E-state index in [2.05, 4.69) is 44.0 Å². The minimum Gasteiger partial charge on any atom is -0.379 e. The zero-order chi connectivity index (χ0) is 14.9. The first kappa shape index (κ1) is 14.9. The van der Waals surface area contributed by atoms with Crippen LogP contribution in [-0.4, -0.2) is 18.2 Å². The molecule has 20 heavy (non-hydrogen) atoms. The maximum absolute atomic E-state index is 6.41. The molecule has 0 fully saturated rings. The molecule has 0 aliphatic rings. The van der Waals surface area contributed by atoms with Crippen molar-refractivity contribution >= 4 is 10.9 Å². The maximum Gasteiger partial charge on any atom is 0.0811 e. The number of pyridine rings is 1. The highest BCUT2D eigenvalue weighted by molar-refractivity contribution is 5.79. The van der Waals surface area contributed by atoms with Gasteiger partial charge in [-0.25, -0.2) is 0 Å². The van der Waals surface area contributed by atoms with Crippen molar-refractivity contribution in [2.45, 2.75) is 39.8 Å². The molecule has 0 aliphatic carbocycles. The Morgan fingerprint density at radius 3 is 2.45 bits per heavy atom. The Kier molecular flexibility index (Phi) is 4.11. The molecule has 0 saturated heterocycles. The average molecular weight is 272 g/mol. The lowest BCUT2D eigenvalue weighted by atomic mass is 9.82. The molecule has 1 aromatic heterocycles. The third-order valence-corrected chi connectivity index (χ3v) is 3.67. The molecule has 3 nitrogen and oxygen atoms in total. The molecule has 2 aromatic rings. The van der Waals surface area contributed by atoms with Crippen molar-refractivity contribution in [1.82, 2.24) is 4.98 Å². The normalized spacial score (nSPS) is 15.3. The summed E-state index contributed by atoms with van der Waals surface area (Å²) >= 11 is 0. The third-order valence-electron chi connectivity index (χ3n) is 3.67. The summed E-state index contributed by atoms with van der Waals surface area (Å²) in [6.45, 7) is 8.44. The van der Waals surface area contributed by atoms with E-state index in [4.69, 9.17) is 10.5 Å². The van der Waals surface area contributed by atoms with Gasteiger partial charge in [-0.2, -0.15) is 0 Å². The Morgan fingerprint density at radius 2 is 1.85 bits per heavy atom. The van der Waals surface area contributed by atoms with Crippen LogP contribution in [0.5, 0.6) is 0 Å². The minimum absolute atomic E-state index is 0.00531. The molecule has 1 heterocycles. The summed E-state index contributed by atoms with van der Waals surface area (Å²) in [6.07, 6.45) is -0.0293. The zero-order valence-electron chi connectivity index (χ0n) is 13.0. The summed E-state index contributed by atoms with van der Waals surface area (Å²) in [7, 11) is 1.72. The van der Waals surface area contributed by atoms with Gasteiger partial charge >= 0.3 is 0 Å². The molecule has 3 heteroatoms. The van der Waals surface area contributed by atoms with Crippen molar-refractivity contribution in [3.8, 4) is 0 Å². The second-order valence-corrected chi connectivity index (χ2v) is 6.45. The fourth-order valence-corrected chi connectivity index (χ4v) is 2.67. The van der Waals surface area contributed by atoms with E-state index in [0.29, 0.717) is 0 Å². The van der Waals surface area contributed by atoms with E-state index in [-0.39, 0.29) is 17.6 Å². The standard InChI is InChI=1S/C17H24N2O/c1-11-6-7-12-10-13(8-9-14(12)19-11)15(18)16(20-5)17(2,3)4/h6-10,15-16H,18H2,1-5H3. The molecule has 0 amide bonds. The van der Waals surface area contributed by atoms with E-state index in [1.807, 2.05) is 19.1 Å². The van der Waals surface area contributed by atoms with Gasteiger partial charge < -0.3 is 10.5 Å². The van der Waals surface area contributed by atoms with Crippen molar-refractivity contribution < 1.29 is 4.74 Å². The van der Waals surface area contributed by atoms with Crippen molar-refractivity contribution in [3.63, 3.8) is 0 Å². The number of hydrogen-bond acceptors (Lipinski definition) is 3. The molecule has 0 saturated carbocycles. The first-order valence-electron chi connectivity index (χ1n) is 6.98. The maximum atomic E-state index is 6.41. The minimum atomic E-state index is -0.147. The molecular formula is C17H24N2O. The van der Waals surface area contributed by atoms with Crippen LogP contribution in [0.15, 0.2) is 30.3 Å². The molecule has 0 radical (unpaired) electrons. The first-order valence-corrected chi connectivity index (χ1v) is 6.98. The number of aryl methyl sites for hydroxylation is 1. The highest BCUT2D eigenvalue weighted by Gasteiger charge is 2.31. The summed E-state index contributed by atoms with van der Waals surface area (Å²) in [4.78, 5) is 4.52. The predicted octanol–water partition coefficient (Wildman–Crippen LogP) is 3.60. The van der Waals surface area contributed by atoms with Gasteiger partial charge in [0, 0.05) is 18.2 Å². The number of ether oxygens (including phenoxy) is 1. The van der Waals surface area contributed by atoms with Crippen LogP contribution in [0.4, 0.5) is 0 Å². The molecule has 2 unspecified atom stereocenters. The number of aromatic nitrogens is 1. The van der Waals surface area contributed by atoms with Crippen LogP contribution in [0.1, 0.15) is 38.1 Å². The van der Waals surface area contributed by atoms with E-state index < -0.39 is 0 Å². The molecule has 1 aromatic carbocycles. The van der Waals surface area contributed by atoms with E-state index >= 15 is 0 Å². The topological polar surface area (TPSA) is 48.1 Å². The van der Waals surface area contributed by atoms with E-state index in [1.54, 1.807) is 7.11 Å². The highest BCUT2D eigenvalue weighted by Crippen LogP contribution is 2.31. The van der Waals surface area contributed by atoms with E-state index in [0.717, 1.165) is 22.2 Å². The first-order chi connectivity index (χ1) is 9.32. The largest absolute Gasteiger partial charge is 0.379 e. The SMILES string of the molecule is COC(C(N)c1ccc2nc(C)ccc2c1)C(C)(C)C. The smallest absolute Gasteiger partial charge is 0.0811 e. The van der Waals surface area contributed by atoms with Crippen molar-refractivity contribution in [1.29, 1.82) is 0 Å². The third kappa shape index (κ3) is 3.00. The highest BCUT2D eigenvalue weighted by atomic mass is 16.5. The second-order valence-electron chi connectivity index (χ2n) is 6.45. The Labute approximate surface area is 121 Å². The molecule has 2 atom stereocenters. The summed E-state index contributed by atoms with van der Waals surface area (Å²) in [5, 5.41) is 1.12. The molecule has 108 valence electrons. The second kappa shape index (κ2) is 5.51. The number of hydrogen-bond donors (Lipinski definition) is 1. The Morgan fingerprint density at radius 1 is 1.15 bits per heavy atom. The number of nitrogens with zero attached hydrogens (tertiary/aromatic N) is 1. The van der Waals surface area contributed by atoms with Gasteiger partial charge in [0.1, 0.15) is 0 Å². The van der Waals surface area contributed by atoms with Gasteiger partial charge in [-0.05, 0) is 36.1 Å². The molecule has 0 spiro atoms. The van der Waals surface area contributed by atoms with E-state index in [9.17, 15) is 0 Å². The molecular weight excluding hydrogens is 248 g/mol. The van der Waals surface area contributed by atoms with Gasteiger partial charge in [0.2, 0.25) is 0 Å². The van der Waals surface area contributed by atoms with Crippen LogP contribution in [0, 0.1) is 12.3 Å². The van der Waals surface area contributed by atoms with Gasteiger partial charge in [-0.15, -0.1) is 0 Å². The van der Waals surface area contributed by atoms with Crippen LogP contribution in [0.3, 0.4) is 0 Å². The van der Waals surface area contributed by atoms with Crippen molar-refractivity contribution in [2.75, 3.05) is 7.11 Å². The van der Waals surface area contributed by atoms with Crippen LogP contribution in [0.2, 0.25) is 0 Å². The number of fused-ring (bicyclic) bond motifs is 1. The van der Waals surface area contributed by atoms with Crippen LogP contribution < -0.4 is 5.73 Å². The van der Waals surface area contributed by atoms with Crippen molar-refractivity contribution in [3.05, 3.63) is 41.6 Å². The molecule has 0 aliphatic heterocycles. The summed E-state index contributed by atoms with van der Waals surface area (Å²) in [6, 6.07) is 10.2. The zero-order valence-corrected chi connectivity index (χ0v) is 13.0. The lowest BCUT2D eigenvalue weighted by Crippen LogP contribution is -2.38. The van der Waals surface area contributed by atoms with Crippen LogP contribution in [-0.2, 0) is 4.74 Å². The van der Waals surface area contributed by atoms with Crippen LogP contribution in [0.25, 0.3) is 10.9 Å². The Hall–Kier alpha value is -1.45. The number of rotatable bonds is 3. The fourth-order valence-electron chi connectivity index (χ4n) is 2.67. The quantitative estimate of drug-likeness (QED) is 0.928. The fraction of sp³-hybridized carbons (Fsp3) is 0.471. The van der Waals surface area contributed by atoms with Crippen LogP contribution >= 0.6 is 0 Å². The van der Waals surface area contributed by atoms with Gasteiger partial charge in [0.25, 0.3) is 0 Å². The summed E-state index contributed by atoms with van der Waals surface area (Å²) in [5.41, 5.74) is 9.53. The lowest BCUT2D eigenvalue weighted by molar-refractivity contribution is -0.00240. The van der Waals surface area contributed by atoms with Crippen molar-refractivity contribution in [2.24, 2.45) is 11.1 Å². The number of methoxy groups -OCH3 is 1. The summed E-state index contributed by atoms with van der Waals surface area (Å²) in [5.74, 6) is 0. The van der Waals surface area contributed by atoms with Gasteiger partial charge in [0.05, 0.1) is 17.7 Å². The Bertz CT molecular complexity index is 601. The van der Waals surface area contributed by atoms with Gasteiger partial charge in [-0.3, -0.25) is 4.98 Å². The van der Waals surface area contributed by atoms with E-state index in [1.165, 1.54) is 0 Å². The molecule has 0 bridgehead atoms. The average Bonchev–Trinajstić information content (AvgIpc) is 2.37. The lowest BCUT2D eigenvalue weighted by Gasteiger charge is -2.34. The summed E-state index contributed by atoms with van der Waals surface area (Å²) < 4.78 is 5.62. The van der Waals surface area contributed by atoms with Gasteiger partial charge in [0.15, 0.2) is 0 Å². The predicted molar refractivity (Wildman–Crippen MR) is 83.7 cm³/mol. The molecule has 2 N–H and O–H groups in total. The monoisotopic (exact) mass is 272 g/mol. The Balaban J connectivity index is 2.39. The number of nitrogens with two attached hydrogens (primary N) is 1.